The number of amides is 5. The van der Waals surface area contributed by atoms with E-state index in [-0.39, 0.29) is 54.8 Å². The normalized spacial score (nSPS) is 21.0. The number of carbonyl (C=O) groups excluding carboxylic acids is 4. The number of nitrogens with zero attached hydrogens (tertiary/aromatic N) is 5. The molecule has 1 aromatic carbocycles. The van der Waals surface area contributed by atoms with Crippen LogP contribution in [-0.2, 0) is 32.1 Å². The zero-order valence-electron chi connectivity index (χ0n) is 22.4. The maximum absolute atomic E-state index is 13.6. The van der Waals surface area contributed by atoms with Gasteiger partial charge in [0.15, 0.2) is 5.82 Å². The first kappa shape index (κ1) is 26.8. The average Bonchev–Trinajstić information content (AvgIpc) is 3.59. The Morgan fingerprint density at radius 3 is 2.59 bits per heavy atom. The Hall–Kier alpha value is -3.80. The van der Waals surface area contributed by atoms with E-state index in [1.165, 1.54) is 0 Å². The summed E-state index contributed by atoms with van der Waals surface area (Å²) in [7, 11) is 1.55. The fourth-order valence-corrected chi connectivity index (χ4v) is 5.05. The molecule has 3 heterocycles. The lowest BCUT2D eigenvalue weighted by atomic mass is 9.95. The van der Waals surface area contributed by atoms with Crippen molar-refractivity contribution in [3.8, 4) is 5.75 Å². The van der Waals surface area contributed by atoms with E-state index in [9.17, 15) is 19.2 Å². The van der Waals surface area contributed by atoms with Crippen molar-refractivity contribution in [2.45, 2.75) is 70.6 Å². The summed E-state index contributed by atoms with van der Waals surface area (Å²) in [5.41, 5.74) is 0.323. The van der Waals surface area contributed by atoms with E-state index in [0.29, 0.717) is 18.0 Å². The smallest absolute Gasteiger partial charge is 0.334 e. The molecule has 1 atom stereocenters. The van der Waals surface area contributed by atoms with Gasteiger partial charge in [0.2, 0.25) is 11.8 Å². The highest BCUT2D eigenvalue weighted by Crippen LogP contribution is 2.33. The van der Waals surface area contributed by atoms with Crippen LogP contribution in [0.4, 0.5) is 10.5 Å². The number of anilines is 1. The number of ether oxygens (including phenoxy) is 2. The van der Waals surface area contributed by atoms with Gasteiger partial charge in [0.25, 0.3) is 0 Å². The lowest BCUT2D eigenvalue weighted by molar-refractivity contribution is -0.143. The van der Waals surface area contributed by atoms with Crippen molar-refractivity contribution in [2.75, 3.05) is 25.1 Å². The lowest BCUT2D eigenvalue weighted by Gasteiger charge is -2.38. The molecular formula is C27H33N5O7. The number of imide groups is 2. The molecule has 1 saturated carbocycles. The summed E-state index contributed by atoms with van der Waals surface area (Å²) in [6.07, 6.45) is 4.28. The molecule has 0 spiro atoms. The van der Waals surface area contributed by atoms with Gasteiger partial charge >= 0.3 is 17.8 Å². The van der Waals surface area contributed by atoms with Gasteiger partial charge in [-0.3, -0.25) is 19.3 Å². The Balaban J connectivity index is 1.29. The van der Waals surface area contributed by atoms with Crippen molar-refractivity contribution in [3.05, 3.63) is 36.0 Å². The third-order valence-corrected chi connectivity index (χ3v) is 7.24. The summed E-state index contributed by atoms with van der Waals surface area (Å²) in [6, 6.07) is 6.56. The minimum atomic E-state index is -0.922. The molecule has 5 rings (SSSR count). The molecule has 3 aliphatic rings. The summed E-state index contributed by atoms with van der Waals surface area (Å²) in [5.74, 6) is -1.21. The van der Waals surface area contributed by atoms with Crippen LogP contribution in [-0.4, -0.2) is 75.6 Å². The summed E-state index contributed by atoms with van der Waals surface area (Å²) < 4.78 is 17.0. The second-order valence-electron chi connectivity index (χ2n) is 10.9. The Kier molecular flexibility index (Phi) is 7.39. The molecule has 2 aliphatic heterocycles. The fraction of sp³-hybridized carbons (Fsp3) is 0.556. The largest absolute Gasteiger partial charge is 0.495 e. The fourth-order valence-electron chi connectivity index (χ4n) is 5.05. The molecule has 0 bridgehead atoms. The van der Waals surface area contributed by atoms with E-state index in [1.54, 1.807) is 24.1 Å². The van der Waals surface area contributed by atoms with Gasteiger partial charge < -0.3 is 18.9 Å². The molecule has 3 fully saturated rings. The number of rotatable bonds is 10. The van der Waals surface area contributed by atoms with Crippen LogP contribution >= 0.6 is 0 Å². The SMILES string of the molecule is COc1ccccc1N(C[C@H]1CCCC(C)(C)O1)C(=O)Cc1noc(CN2C(=O)C(=O)N(CC3CC3)C2=O)n1. The predicted octanol–water partition coefficient (Wildman–Crippen LogP) is 2.70. The molecule has 0 unspecified atom stereocenters. The van der Waals surface area contributed by atoms with Crippen LogP contribution < -0.4 is 9.64 Å². The average molecular weight is 540 g/mol. The molecule has 1 aromatic heterocycles. The quantitative estimate of drug-likeness (QED) is 0.330. The molecule has 2 saturated heterocycles. The second-order valence-corrected chi connectivity index (χ2v) is 10.9. The van der Waals surface area contributed by atoms with E-state index in [0.717, 1.165) is 41.9 Å². The van der Waals surface area contributed by atoms with Crippen molar-refractivity contribution in [3.63, 3.8) is 0 Å². The first-order valence-electron chi connectivity index (χ1n) is 13.2. The maximum atomic E-state index is 13.6. The Morgan fingerprint density at radius 2 is 1.87 bits per heavy atom. The maximum Gasteiger partial charge on any atom is 0.334 e. The van der Waals surface area contributed by atoms with Gasteiger partial charge in [-0.05, 0) is 64.0 Å². The van der Waals surface area contributed by atoms with E-state index in [4.69, 9.17) is 14.0 Å². The first-order valence-corrected chi connectivity index (χ1v) is 13.2. The topological polar surface area (TPSA) is 135 Å². The zero-order chi connectivity index (χ0) is 27.7. The Labute approximate surface area is 226 Å². The highest BCUT2D eigenvalue weighted by atomic mass is 16.5. The summed E-state index contributed by atoms with van der Waals surface area (Å²) in [5, 5.41) is 3.89. The molecule has 5 amide bonds. The van der Waals surface area contributed by atoms with Crippen molar-refractivity contribution in [1.29, 1.82) is 0 Å². The molecule has 0 N–H and O–H groups in total. The van der Waals surface area contributed by atoms with Crippen molar-refractivity contribution >= 4 is 29.4 Å². The highest BCUT2D eigenvalue weighted by Gasteiger charge is 2.46. The van der Waals surface area contributed by atoms with Crippen LogP contribution in [0.1, 0.15) is 57.7 Å². The number of carbonyl (C=O) groups is 4. The van der Waals surface area contributed by atoms with Crippen LogP contribution in [0.5, 0.6) is 5.75 Å². The van der Waals surface area contributed by atoms with E-state index in [1.807, 2.05) is 26.0 Å². The van der Waals surface area contributed by atoms with Gasteiger partial charge in [-0.25, -0.2) is 9.69 Å². The number of para-hydroxylation sites is 2. The molecular weight excluding hydrogens is 506 g/mol. The van der Waals surface area contributed by atoms with Crippen molar-refractivity contribution in [1.82, 2.24) is 19.9 Å². The van der Waals surface area contributed by atoms with Crippen molar-refractivity contribution < 1.29 is 33.2 Å². The molecule has 1 aliphatic carbocycles. The molecule has 12 heteroatoms. The van der Waals surface area contributed by atoms with Gasteiger partial charge in [-0.15, -0.1) is 0 Å². The van der Waals surface area contributed by atoms with Gasteiger partial charge in [0, 0.05) is 6.54 Å². The molecule has 2 aromatic rings. The second kappa shape index (κ2) is 10.8. The molecule has 208 valence electrons. The van der Waals surface area contributed by atoms with Gasteiger partial charge in [-0.1, -0.05) is 17.3 Å². The number of aromatic nitrogens is 2. The minimum absolute atomic E-state index is 0.0400. The third kappa shape index (κ3) is 5.95. The van der Waals surface area contributed by atoms with Crippen LogP contribution in [0.25, 0.3) is 0 Å². The van der Waals surface area contributed by atoms with Gasteiger partial charge in [0.1, 0.15) is 12.3 Å². The monoisotopic (exact) mass is 539 g/mol. The number of benzene rings is 1. The Morgan fingerprint density at radius 1 is 1.13 bits per heavy atom. The van der Waals surface area contributed by atoms with Crippen molar-refractivity contribution in [2.24, 2.45) is 5.92 Å². The first-order chi connectivity index (χ1) is 18.6. The minimum Gasteiger partial charge on any atom is -0.495 e. The van der Waals surface area contributed by atoms with E-state index in [2.05, 4.69) is 10.1 Å². The van der Waals surface area contributed by atoms with Gasteiger partial charge in [-0.2, -0.15) is 4.98 Å². The number of hydrogen-bond acceptors (Lipinski definition) is 9. The lowest BCUT2D eigenvalue weighted by Crippen LogP contribution is -2.45. The number of hydrogen-bond donors (Lipinski definition) is 0. The molecule has 12 nitrogen and oxygen atoms in total. The number of urea groups is 1. The number of methoxy groups -OCH3 is 1. The van der Waals surface area contributed by atoms with Crippen LogP contribution in [0.15, 0.2) is 28.8 Å². The highest BCUT2D eigenvalue weighted by molar-refractivity contribution is 6.44. The van der Waals surface area contributed by atoms with Gasteiger partial charge in [0.05, 0.1) is 37.5 Å². The Bertz CT molecular complexity index is 1270. The summed E-state index contributed by atoms with van der Waals surface area (Å²) >= 11 is 0. The standard InChI is InChI=1S/C27H33N5O7/c1-27(2)12-6-7-18(38-27)15-30(19-8-4-5-9-20(19)37-3)23(33)13-21-28-22(39-29-21)16-32-25(35)24(34)31(26(32)36)14-17-10-11-17/h4-5,8-9,17-18H,6-7,10-16H2,1-3H3/t18-/m1/s1. The molecule has 0 radical (unpaired) electrons. The van der Waals surface area contributed by atoms with Crippen LogP contribution in [0.2, 0.25) is 0 Å². The zero-order valence-corrected chi connectivity index (χ0v) is 22.4. The summed E-state index contributed by atoms with van der Waals surface area (Å²) in [6.45, 7) is 4.31. The van der Waals surface area contributed by atoms with Crippen LogP contribution in [0.3, 0.4) is 0 Å². The van der Waals surface area contributed by atoms with E-state index >= 15 is 0 Å². The molecule has 39 heavy (non-hydrogen) atoms. The van der Waals surface area contributed by atoms with Crippen LogP contribution in [0, 0.1) is 5.92 Å². The summed E-state index contributed by atoms with van der Waals surface area (Å²) in [4.78, 5) is 58.5. The third-order valence-electron chi connectivity index (χ3n) is 7.24. The van der Waals surface area contributed by atoms with E-state index < -0.39 is 17.8 Å². The predicted molar refractivity (Wildman–Crippen MR) is 137 cm³/mol.